The van der Waals surface area contributed by atoms with Crippen molar-refractivity contribution in [2.75, 3.05) is 5.94 Å². The summed E-state index contributed by atoms with van der Waals surface area (Å²) in [6, 6.07) is 16.7. The lowest BCUT2D eigenvalue weighted by Gasteiger charge is -2.15. The maximum absolute atomic E-state index is 12.3. The number of benzene rings is 2. The first-order chi connectivity index (χ1) is 10.2. The minimum atomic E-state index is -0.0875. The van der Waals surface area contributed by atoms with Gasteiger partial charge in [-0.1, -0.05) is 54.6 Å². The lowest BCUT2D eigenvalue weighted by atomic mass is 10.0. The van der Waals surface area contributed by atoms with Crippen molar-refractivity contribution in [2.24, 2.45) is 0 Å². The standard InChI is InChI=1S/C17H18O3S/c18-11-13-6-8-15(9-7-13)17(21-12-19)10-16(20)14-4-2-1-3-5-14/h1-9,17-19H,10-12H2. The largest absolute Gasteiger partial charge is 0.392 e. The molecule has 21 heavy (non-hydrogen) atoms. The summed E-state index contributed by atoms with van der Waals surface area (Å²) in [5.74, 6) is 0.0295. The molecule has 0 aromatic heterocycles. The highest BCUT2D eigenvalue weighted by atomic mass is 32.2. The van der Waals surface area contributed by atoms with E-state index in [1.165, 1.54) is 11.8 Å². The van der Waals surface area contributed by atoms with Gasteiger partial charge >= 0.3 is 0 Å². The van der Waals surface area contributed by atoms with Crippen LogP contribution in [0.5, 0.6) is 0 Å². The van der Waals surface area contributed by atoms with E-state index in [9.17, 15) is 9.90 Å². The number of carbonyl (C=O) groups excluding carboxylic acids is 1. The zero-order chi connectivity index (χ0) is 15.1. The second-order valence-corrected chi connectivity index (χ2v) is 5.84. The van der Waals surface area contributed by atoms with Crippen LogP contribution in [0.25, 0.3) is 0 Å². The highest BCUT2D eigenvalue weighted by Crippen LogP contribution is 2.32. The van der Waals surface area contributed by atoms with Gasteiger partial charge in [-0.3, -0.25) is 4.79 Å². The minimum Gasteiger partial charge on any atom is -0.392 e. The predicted octanol–water partition coefficient (Wildman–Crippen LogP) is 3.18. The first-order valence-electron chi connectivity index (χ1n) is 6.75. The topological polar surface area (TPSA) is 57.5 Å². The zero-order valence-corrected chi connectivity index (χ0v) is 12.4. The summed E-state index contributed by atoms with van der Waals surface area (Å²) in [6.45, 7) is 0.00103. The van der Waals surface area contributed by atoms with Crippen LogP contribution in [0.15, 0.2) is 54.6 Å². The number of thioether (sulfide) groups is 1. The molecule has 2 N–H and O–H groups in total. The summed E-state index contributed by atoms with van der Waals surface area (Å²) >= 11 is 1.34. The molecular weight excluding hydrogens is 284 g/mol. The molecule has 0 amide bonds. The van der Waals surface area contributed by atoms with Gasteiger partial charge in [0.2, 0.25) is 0 Å². The summed E-state index contributed by atoms with van der Waals surface area (Å²) < 4.78 is 0. The fourth-order valence-electron chi connectivity index (χ4n) is 2.11. The summed E-state index contributed by atoms with van der Waals surface area (Å²) in [5.41, 5.74) is 2.50. The van der Waals surface area contributed by atoms with Gasteiger partial charge in [0.1, 0.15) is 0 Å². The molecule has 0 radical (unpaired) electrons. The van der Waals surface area contributed by atoms with E-state index in [4.69, 9.17) is 5.11 Å². The molecule has 1 atom stereocenters. The molecule has 0 fully saturated rings. The SMILES string of the molecule is O=C(CC(SCO)c1ccc(CO)cc1)c1ccccc1. The molecule has 2 aromatic carbocycles. The molecule has 0 bridgehead atoms. The molecule has 0 saturated carbocycles. The van der Waals surface area contributed by atoms with Gasteiger partial charge < -0.3 is 10.2 Å². The Hall–Kier alpha value is -1.62. The fourth-order valence-corrected chi connectivity index (χ4v) is 2.91. The monoisotopic (exact) mass is 302 g/mol. The zero-order valence-electron chi connectivity index (χ0n) is 11.6. The Balaban J connectivity index is 2.13. The number of Topliss-reactive ketones (excluding diaryl/α,β-unsaturated/α-hetero) is 1. The number of carbonyl (C=O) groups is 1. The van der Waals surface area contributed by atoms with Gasteiger partial charge in [-0.2, -0.15) is 0 Å². The Bertz CT molecular complexity index is 566. The summed E-state index contributed by atoms with van der Waals surface area (Å²) in [6.07, 6.45) is 0.341. The van der Waals surface area contributed by atoms with E-state index in [0.717, 1.165) is 11.1 Å². The van der Waals surface area contributed by atoms with E-state index in [1.54, 1.807) is 12.1 Å². The molecule has 0 heterocycles. The van der Waals surface area contributed by atoms with Crippen LogP contribution in [0.3, 0.4) is 0 Å². The van der Waals surface area contributed by atoms with Crippen molar-refractivity contribution in [3.8, 4) is 0 Å². The highest BCUT2D eigenvalue weighted by molar-refractivity contribution is 7.99. The number of rotatable bonds is 7. The van der Waals surface area contributed by atoms with Crippen LogP contribution in [0, 0.1) is 0 Å². The van der Waals surface area contributed by atoms with E-state index in [0.29, 0.717) is 12.0 Å². The molecule has 110 valence electrons. The van der Waals surface area contributed by atoms with Crippen LogP contribution in [0.1, 0.15) is 33.2 Å². The van der Waals surface area contributed by atoms with Gasteiger partial charge in [-0.05, 0) is 11.1 Å². The molecule has 0 aliphatic rings. The Morgan fingerprint density at radius 1 is 1.00 bits per heavy atom. The highest BCUT2D eigenvalue weighted by Gasteiger charge is 2.17. The van der Waals surface area contributed by atoms with Crippen LogP contribution in [0.4, 0.5) is 0 Å². The second kappa shape index (κ2) is 7.98. The number of ketones is 1. The van der Waals surface area contributed by atoms with Crippen molar-refractivity contribution in [2.45, 2.75) is 18.3 Å². The van der Waals surface area contributed by atoms with Crippen LogP contribution < -0.4 is 0 Å². The van der Waals surface area contributed by atoms with Gasteiger partial charge in [0.05, 0.1) is 12.5 Å². The Morgan fingerprint density at radius 3 is 2.24 bits per heavy atom. The molecule has 2 aromatic rings. The van der Waals surface area contributed by atoms with Gasteiger partial charge in [0, 0.05) is 17.2 Å². The third kappa shape index (κ3) is 4.43. The summed E-state index contributed by atoms with van der Waals surface area (Å²) in [4.78, 5) is 12.3. The van der Waals surface area contributed by atoms with Crippen molar-refractivity contribution in [3.05, 3.63) is 71.3 Å². The van der Waals surface area contributed by atoms with Gasteiger partial charge in [-0.15, -0.1) is 11.8 Å². The Kier molecular flexibility index (Phi) is 5.99. The van der Waals surface area contributed by atoms with Crippen LogP contribution >= 0.6 is 11.8 Å². The third-order valence-electron chi connectivity index (χ3n) is 3.28. The second-order valence-electron chi connectivity index (χ2n) is 4.68. The Morgan fingerprint density at radius 2 is 1.67 bits per heavy atom. The van der Waals surface area contributed by atoms with Crippen molar-refractivity contribution in [1.29, 1.82) is 0 Å². The summed E-state index contributed by atoms with van der Waals surface area (Å²) in [7, 11) is 0. The molecule has 0 spiro atoms. The van der Waals surface area contributed by atoms with Crippen molar-refractivity contribution in [1.82, 2.24) is 0 Å². The molecule has 3 nitrogen and oxygen atoms in total. The molecule has 2 rings (SSSR count). The van der Waals surface area contributed by atoms with Gasteiger partial charge in [-0.25, -0.2) is 0 Å². The predicted molar refractivity (Wildman–Crippen MR) is 85.2 cm³/mol. The number of hydrogen-bond acceptors (Lipinski definition) is 4. The van der Waals surface area contributed by atoms with Crippen molar-refractivity contribution >= 4 is 17.5 Å². The maximum Gasteiger partial charge on any atom is 0.164 e. The van der Waals surface area contributed by atoms with E-state index in [-0.39, 0.29) is 23.6 Å². The average Bonchev–Trinajstić information content (AvgIpc) is 2.55. The first-order valence-corrected chi connectivity index (χ1v) is 7.80. The van der Waals surface area contributed by atoms with E-state index < -0.39 is 0 Å². The van der Waals surface area contributed by atoms with Crippen molar-refractivity contribution in [3.63, 3.8) is 0 Å². The number of aliphatic hydroxyl groups excluding tert-OH is 2. The van der Waals surface area contributed by atoms with E-state index in [1.807, 2.05) is 42.5 Å². The van der Waals surface area contributed by atoms with Crippen LogP contribution in [-0.4, -0.2) is 21.9 Å². The minimum absolute atomic E-state index is 0.00103. The third-order valence-corrected chi connectivity index (χ3v) is 4.27. The van der Waals surface area contributed by atoms with E-state index >= 15 is 0 Å². The van der Waals surface area contributed by atoms with E-state index in [2.05, 4.69) is 0 Å². The number of aliphatic hydroxyl groups is 2. The smallest absolute Gasteiger partial charge is 0.164 e. The van der Waals surface area contributed by atoms with Gasteiger partial charge in [0.25, 0.3) is 0 Å². The molecular formula is C17H18O3S. The number of hydrogen-bond donors (Lipinski definition) is 2. The fraction of sp³-hybridized carbons (Fsp3) is 0.235. The van der Waals surface area contributed by atoms with Crippen LogP contribution in [0.2, 0.25) is 0 Å². The van der Waals surface area contributed by atoms with Gasteiger partial charge in [0.15, 0.2) is 5.78 Å². The quantitative estimate of drug-likeness (QED) is 0.609. The lowest BCUT2D eigenvalue weighted by Crippen LogP contribution is -2.06. The Labute approximate surface area is 128 Å². The van der Waals surface area contributed by atoms with Crippen LogP contribution in [-0.2, 0) is 6.61 Å². The summed E-state index contributed by atoms with van der Waals surface area (Å²) in [5, 5.41) is 18.2. The molecule has 0 saturated heterocycles. The molecule has 4 heteroatoms. The normalized spacial score (nSPS) is 12.1. The molecule has 1 unspecified atom stereocenters. The van der Waals surface area contributed by atoms with Crippen molar-refractivity contribution < 1.29 is 15.0 Å². The maximum atomic E-state index is 12.3. The average molecular weight is 302 g/mol. The molecule has 0 aliphatic carbocycles. The molecule has 0 aliphatic heterocycles. The lowest BCUT2D eigenvalue weighted by molar-refractivity contribution is 0.0982. The first kappa shape index (κ1) is 15.8.